The van der Waals surface area contributed by atoms with Crippen LogP contribution in [0.25, 0.3) is 23.1 Å². The third kappa shape index (κ3) is 3.98. The fourth-order valence-electron chi connectivity index (χ4n) is 3.22. The van der Waals surface area contributed by atoms with Gasteiger partial charge in [0.25, 0.3) is 0 Å². The zero-order valence-corrected chi connectivity index (χ0v) is 17.7. The molecule has 4 aromatic rings. The van der Waals surface area contributed by atoms with Gasteiger partial charge in [-0.1, -0.05) is 58.4 Å². The SMILES string of the molecule is COc1ccc(C(=O)c2c(/C=C/c3ccccc3)c3cc(Br)ccc3oc2=O)cc1. The maximum absolute atomic E-state index is 13.3. The molecule has 0 aliphatic heterocycles. The molecule has 3 aromatic carbocycles. The molecule has 0 aliphatic rings. The quantitative estimate of drug-likeness (QED) is 0.272. The van der Waals surface area contributed by atoms with Crippen molar-refractivity contribution in [3.63, 3.8) is 0 Å². The highest BCUT2D eigenvalue weighted by atomic mass is 79.9. The highest BCUT2D eigenvalue weighted by Crippen LogP contribution is 2.27. The van der Waals surface area contributed by atoms with Crippen LogP contribution in [0.15, 0.2) is 86.5 Å². The zero-order chi connectivity index (χ0) is 21.1. The summed E-state index contributed by atoms with van der Waals surface area (Å²) in [6.45, 7) is 0. The minimum absolute atomic E-state index is 0.00190. The van der Waals surface area contributed by atoms with E-state index in [0.717, 1.165) is 10.0 Å². The lowest BCUT2D eigenvalue weighted by molar-refractivity contribution is 0.103. The summed E-state index contributed by atoms with van der Waals surface area (Å²) in [6.07, 6.45) is 3.66. The maximum atomic E-state index is 13.3. The summed E-state index contributed by atoms with van der Waals surface area (Å²) in [4.78, 5) is 26.1. The molecule has 30 heavy (non-hydrogen) atoms. The zero-order valence-electron chi connectivity index (χ0n) is 16.1. The van der Waals surface area contributed by atoms with Gasteiger partial charge < -0.3 is 9.15 Å². The lowest BCUT2D eigenvalue weighted by atomic mass is 9.96. The molecule has 5 heteroatoms. The number of hydrogen-bond donors (Lipinski definition) is 0. The second-order valence-corrected chi connectivity index (χ2v) is 7.54. The molecule has 0 bridgehead atoms. The van der Waals surface area contributed by atoms with Crippen molar-refractivity contribution in [1.29, 1.82) is 0 Å². The first-order chi connectivity index (χ1) is 14.6. The van der Waals surface area contributed by atoms with Crippen LogP contribution >= 0.6 is 15.9 Å². The maximum Gasteiger partial charge on any atom is 0.348 e. The van der Waals surface area contributed by atoms with Crippen LogP contribution in [-0.4, -0.2) is 12.9 Å². The molecule has 0 saturated heterocycles. The average Bonchev–Trinajstić information content (AvgIpc) is 2.78. The number of fused-ring (bicyclic) bond motifs is 1. The molecule has 1 aromatic heterocycles. The lowest BCUT2D eigenvalue weighted by Crippen LogP contribution is -2.17. The number of hydrogen-bond acceptors (Lipinski definition) is 4. The second kappa shape index (κ2) is 8.51. The topological polar surface area (TPSA) is 56.5 Å². The van der Waals surface area contributed by atoms with Crippen molar-refractivity contribution < 1.29 is 13.9 Å². The van der Waals surface area contributed by atoms with Gasteiger partial charge in [0.05, 0.1) is 7.11 Å². The summed E-state index contributed by atoms with van der Waals surface area (Å²) in [5.41, 5.74) is 1.61. The van der Waals surface area contributed by atoms with Crippen molar-refractivity contribution >= 4 is 44.8 Å². The number of ether oxygens (including phenoxy) is 1. The first-order valence-corrected chi connectivity index (χ1v) is 10.0. The Hall–Kier alpha value is -3.44. The van der Waals surface area contributed by atoms with Crippen LogP contribution < -0.4 is 10.4 Å². The monoisotopic (exact) mass is 460 g/mol. The van der Waals surface area contributed by atoms with Gasteiger partial charge >= 0.3 is 5.63 Å². The van der Waals surface area contributed by atoms with Gasteiger partial charge in [-0.15, -0.1) is 0 Å². The van der Waals surface area contributed by atoms with Crippen LogP contribution in [0.3, 0.4) is 0 Å². The fraction of sp³-hybridized carbons (Fsp3) is 0.0400. The van der Waals surface area contributed by atoms with Gasteiger partial charge in [-0.25, -0.2) is 4.79 Å². The molecular formula is C25H17BrO4. The van der Waals surface area contributed by atoms with E-state index in [-0.39, 0.29) is 5.56 Å². The van der Waals surface area contributed by atoms with E-state index in [9.17, 15) is 9.59 Å². The number of benzene rings is 3. The Bertz CT molecular complexity index is 1300. The summed E-state index contributed by atoms with van der Waals surface area (Å²) in [7, 11) is 1.55. The highest BCUT2D eigenvalue weighted by molar-refractivity contribution is 9.10. The molecule has 0 unspecified atom stereocenters. The van der Waals surface area contributed by atoms with Crippen LogP contribution in [0.1, 0.15) is 27.0 Å². The number of carbonyl (C=O) groups excluding carboxylic acids is 1. The summed E-state index contributed by atoms with van der Waals surface area (Å²) in [5.74, 6) is 0.228. The smallest absolute Gasteiger partial charge is 0.348 e. The molecular weight excluding hydrogens is 444 g/mol. The van der Waals surface area contributed by atoms with E-state index in [1.54, 1.807) is 49.6 Å². The van der Waals surface area contributed by atoms with E-state index in [1.807, 2.05) is 42.5 Å². The molecule has 0 saturated carbocycles. The van der Waals surface area contributed by atoms with Crippen LogP contribution in [0.2, 0.25) is 0 Å². The van der Waals surface area contributed by atoms with Gasteiger partial charge in [-0.2, -0.15) is 0 Å². The van der Waals surface area contributed by atoms with E-state index >= 15 is 0 Å². The van der Waals surface area contributed by atoms with E-state index in [2.05, 4.69) is 15.9 Å². The normalized spacial score (nSPS) is 11.1. The minimum atomic E-state index is -0.668. The summed E-state index contributed by atoms with van der Waals surface area (Å²) in [5, 5.41) is 0.674. The standard InChI is InChI=1S/C25H17BrO4/c1-29-19-11-8-17(9-12-19)24(27)23-20(13-7-16-5-3-2-4-6-16)21-15-18(26)10-14-22(21)30-25(23)28/h2-15H,1H3/b13-7+. The van der Waals surface area contributed by atoms with E-state index in [4.69, 9.17) is 9.15 Å². The number of rotatable bonds is 5. The summed E-state index contributed by atoms with van der Waals surface area (Å²) in [6, 6.07) is 21.7. The summed E-state index contributed by atoms with van der Waals surface area (Å²) >= 11 is 3.46. The Balaban J connectivity index is 1.93. The molecule has 148 valence electrons. The Morgan fingerprint density at radius 3 is 2.40 bits per heavy atom. The molecule has 1 heterocycles. The summed E-state index contributed by atoms with van der Waals surface area (Å²) < 4.78 is 11.4. The number of ketones is 1. The molecule has 0 N–H and O–H groups in total. The van der Waals surface area contributed by atoms with E-state index in [1.165, 1.54) is 0 Å². The average molecular weight is 461 g/mol. The van der Waals surface area contributed by atoms with Crippen LogP contribution in [0.4, 0.5) is 0 Å². The van der Waals surface area contributed by atoms with Crippen molar-refractivity contribution in [2.45, 2.75) is 0 Å². The van der Waals surface area contributed by atoms with Crippen molar-refractivity contribution in [3.8, 4) is 5.75 Å². The van der Waals surface area contributed by atoms with Crippen LogP contribution in [-0.2, 0) is 0 Å². The Morgan fingerprint density at radius 1 is 0.967 bits per heavy atom. The first-order valence-electron chi connectivity index (χ1n) is 9.25. The molecule has 4 rings (SSSR count). The van der Waals surface area contributed by atoms with Crippen molar-refractivity contribution in [2.24, 2.45) is 0 Å². The molecule has 0 radical (unpaired) electrons. The van der Waals surface area contributed by atoms with Crippen molar-refractivity contribution in [2.75, 3.05) is 7.11 Å². The van der Waals surface area contributed by atoms with Gasteiger partial charge in [-0.05, 0) is 48.0 Å². The Labute approximate surface area is 181 Å². The fourth-order valence-corrected chi connectivity index (χ4v) is 3.58. The van der Waals surface area contributed by atoms with Gasteiger partial charge in [0.15, 0.2) is 0 Å². The van der Waals surface area contributed by atoms with Gasteiger partial charge in [0.1, 0.15) is 16.9 Å². The third-order valence-electron chi connectivity index (χ3n) is 4.73. The van der Waals surface area contributed by atoms with Crippen molar-refractivity contribution in [3.05, 3.63) is 110 Å². The van der Waals surface area contributed by atoms with Crippen molar-refractivity contribution in [1.82, 2.24) is 0 Å². The molecule has 4 nitrogen and oxygen atoms in total. The molecule has 0 amide bonds. The van der Waals surface area contributed by atoms with Gasteiger partial charge in [0, 0.05) is 21.0 Å². The Morgan fingerprint density at radius 2 is 1.70 bits per heavy atom. The molecule has 0 fully saturated rings. The number of carbonyl (C=O) groups is 1. The van der Waals surface area contributed by atoms with E-state index < -0.39 is 11.4 Å². The van der Waals surface area contributed by atoms with Crippen LogP contribution in [0, 0.1) is 0 Å². The lowest BCUT2D eigenvalue weighted by Gasteiger charge is -2.09. The predicted octanol–water partition coefficient (Wildman–Crippen LogP) is 5.97. The Kier molecular flexibility index (Phi) is 5.63. The molecule has 0 spiro atoms. The largest absolute Gasteiger partial charge is 0.497 e. The van der Waals surface area contributed by atoms with Crippen LogP contribution in [0.5, 0.6) is 5.75 Å². The first kappa shape index (κ1) is 19.9. The third-order valence-corrected chi connectivity index (χ3v) is 5.22. The van der Waals surface area contributed by atoms with Gasteiger partial charge in [0.2, 0.25) is 5.78 Å². The number of halogens is 1. The van der Waals surface area contributed by atoms with E-state index in [0.29, 0.717) is 27.8 Å². The minimum Gasteiger partial charge on any atom is -0.497 e. The predicted molar refractivity (Wildman–Crippen MR) is 122 cm³/mol. The molecule has 0 aliphatic carbocycles. The number of methoxy groups -OCH3 is 1. The molecule has 0 atom stereocenters. The second-order valence-electron chi connectivity index (χ2n) is 6.62. The highest BCUT2D eigenvalue weighted by Gasteiger charge is 2.21. The van der Waals surface area contributed by atoms with Gasteiger partial charge in [-0.3, -0.25) is 4.79 Å².